The van der Waals surface area contributed by atoms with E-state index < -0.39 is 0 Å². The average molecular weight is 141 g/mol. The van der Waals surface area contributed by atoms with Crippen LogP contribution in [0.25, 0.3) is 0 Å². The number of rotatable bonds is 4. The number of hydrogen-bond donors (Lipinski definition) is 1. The Balaban J connectivity index is 3.63. The molecule has 0 aliphatic rings. The predicted molar refractivity (Wildman–Crippen MR) is 47.1 cm³/mol. The molecule has 0 spiro atoms. The van der Waals surface area contributed by atoms with Gasteiger partial charge in [0.25, 0.3) is 0 Å². The van der Waals surface area contributed by atoms with Crippen molar-refractivity contribution in [1.82, 2.24) is 5.32 Å². The molecular formula is C9H19N. The fraction of sp³-hybridized carbons (Fsp3) is 0.778. The number of hydrogen-bond acceptors (Lipinski definition) is 1. The summed E-state index contributed by atoms with van der Waals surface area (Å²) in [5, 5.41) is 3.31. The van der Waals surface area contributed by atoms with Crippen LogP contribution in [0, 0.1) is 5.92 Å². The minimum Gasteiger partial charge on any atom is -0.313 e. The second-order valence-electron chi connectivity index (χ2n) is 2.80. The number of allylic oxidation sites excluding steroid dienone is 1. The van der Waals surface area contributed by atoms with Crippen molar-refractivity contribution in [2.75, 3.05) is 13.1 Å². The van der Waals surface area contributed by atoms with Gasteiger partial charge in [-0.3, -0.25) is 0 Å². The molecule has 0 aliphatic heterocycles. The molecule has 1 N–H and O–H groups in total. The first-order chi connectivity index (χ1) is 4.72. The molecule has 1 nitrogen and oxygen atoms in total. The Morgan fingerprint density at radius 1 is 1.50 bits per heavy atom. The van der Waals surface area contributed by atoms with E-state index in [9.17, 15) is 0 Å². The highest BCUT2D eigenvalue weighted by molar-refractivity contribution is 5.04. The summed E-state index contributed by atoms with van der Waals surface area (Å²) in [6.45, 7) is 10.8. The second kappa shape index (κ2) is 5.48. The van der Waals surface area contributed by atoms with Crippen molar-refractivity contribution in [2.24, 2.45) is 5.92 Å². The Kier molecular flexibility index (Phi) is 5.32. The molecule has 0 rings (SSSR count). The third kappa shape index (κ3) is 3.67. The van der Waals surface area contributed by atoms with Crippen molar-refractivity contribution in [3.05, 3.63) is 11.6 Å². The van der Waals surface area contributed by atoms with E-state index in [4.69, 9.17) is 0 Å². The van der Waals surface area contributed by atoms with E-state index in [2.05, 4.69) is 39.1 Å². The van der Waals surface area contributed by atoms with Gasteiger partial charge in [-0.15, -0.1) is 0 Å². The molecule has 0 heterocycles. The predicted octanol–water partition coefficient (Wildman–Crippen LogP) is 2.20. The van der Waals surface area contributed by atoms with Crippen LogP contribution in [0.3, 0.4) is 0 Å². The summed E-state index contributed by atoms with van der Waals surface area (Å²) < 4.78 is 0. The van der Waals surface area contributed by atoms with Gasteiger partial charge in [0.05, 0.1) is 0 Å². The monoisotopic (exact) mass is 141 g/mol. The van der Waals surface area contributed by atoms with Crippen molar-refractivity contribution in [3.8, 4) is 0 Å². The fourth-order valence-electron chi connectivity index (χ4n) is 0.909. The van der Waals surface area contributed by atoms with Crippen LogP contribution < -0.4 is 5.32 Å². The summed E-state index contributed by atoms with van der Waals surface area (Å²) in [6, 6.07) is 0. The topological polar surface area (TPSA) is 12.0 Å². The molecule has 0 saturated heterocycles. The summed E-state index contributed by atoms with van der Waals surface area (Å²) >= 11 is 0. The Hall–Kier alpha value is -0.300. The molecule has 0 bridgehead atoms. The molecule has 0 fully saturated rings. The van der Waals surface area contributed by atoms with Crippen molar-refractivity contribution in [1.29, 1.82) is 0 Å². The first kappa shape index (κ1) is 9.70. The molecule has 0 aromatic rings. The molecule has 0 saturated carbocycles. The lowest BCUT2D eigenvalue weighted by atomic mass is 10.0. The largest absolute Gasteiger partial charge is 0.313 e. The van der Waals surface area contributed by atoms with Crippen LogP contribution in [-0.2, 0) is 0 Å². The molecule has 10 heavy (non-hydrogen) atoms. The molecule has 1 heteroatoms. The molecule has 0 radical (unpaired) electrons. The smallest absolute Gasteiger partial charge is 0.0166 e. The van der Waals surface area contributed by atoms with Crippen molar-refractivity contribution in [3.63, 3.8) is 0 Å². The van der Waals surface area contributed by atoms with Crippen LogP contribution >= 0.6 is 0 Å². The summed E-state index contributed by atoms with van der Waals surface area (Å²) in [6.07, 6.45) is 2.20. The van der Waals surface area contributed by atoms with E-state index in [1.54, 1.807) is 0 Å². The van der Waals surface area contributed by atoms with E-state index in [0.717, 1.165) is 13.1 Å². The lowest BCUT2D eigenvalue weighted by Crippen LogP contribution is -2.18. The van der Waals surface area contributed by atoms with Crippen LogP contribution in [0.2, 0.25) is 0 Å². The minimum atomic E-state index is 0.684. The van der Waals surface area contributed by atoms with Gasteiger partial charge in [0.15, 0.2) is 0 Å². The van der Waals surface area contributed by atoms with Gasteiger partial charge in [0.1, 0.15) is 0 Å². The SMILES string of the molecule is C/C=C(\CNCC)C(C)C. The van der Waals surface area contributed by atoms with Gasteiger partial charge in [0.2, 0.25) is 0 Å². The van der Waals surface area contributed by atoms with E-state index in [0.29, 0.717) is 5.92 Å². The van der Waals surface area contributed by atoms with Gasteiger partial charge in [-0.1, -0.05) is 32.4 Å². The minimum absolute atomic E-state index is 0.684. The first-order valence-electron chi connectivity index (χ1n) is 4.08. The zero-order chi connectivity index (χ0) is 7.98. The molecule has 60 valence electrons. The molecule has 0 aromatic heterocycles. The molecule has 0 amide bonds. The highest BCUT2D eigenvalue weighted by atomic mass is 14.8. The summed E-state index contributed by atoms with van der Waals surface area (Å²) in [5.41, 5.74) is 1.50. The molecular weight excluding hydrogens is 122 g/mol. The highest BCUT2D eigenvalue weighted by Gasteiger charge is 1.98. The normalized spacial score (nSPS) is 12.7. The Labute approximate surface area is 64.5 Å². The summed E-state index contributed by atoms with van der Waals surface area (Å²) in [7, 11) is 0. The third-order valence-electron chi connectivity index (χ3n) is 1.69. The molecule has 0 unspecified atom stereocenters. The van der Waals surface area contributed by atoms with E-state index in [1.165, 1.54) is 5.57 Å². The second-order valence-corrected chi connectivity index (χ2v) is 2.80. The quantitative estimate of drug-likeness (QED) is 0.592. The van der Waals surface area contributed by atoms with Crippen LogP contribution in [0.5, 0.6) is 0 Å². The lowest BCUT2D eigenvalue weighted by Gasteiger charge is -2.10. The zero-order valence-corrected chi connectivity index (χ0v) is 7.57. The van der Waals surface area contributed by atoms with Crippen LogP contribution in [0.1, 0.15) is 27.7 Å². The highest BCUT2D eigenvalue weighted by Crippen LogP contribution is 2.06. The van der Waals surface area contributed by atoms with Gasteiger partial charge in [-0.05, 0) is 19.4 Å². The maximum Gasteiger partial charge on any atom is 0.0166 e. The summed E-state index contributed by atoms with van der Waals surface area (Å²) in [5.74, 6) is 0.684. The molecule has 0 atom stereocenters. The maximum atomic E-state index is 3.31. The number of likely N-dealkylation sites (N-methyl/N-ethyl adjacent to an activating group) is 1. The van der Waals surface area contributed by atoms with Gasteiger partial charge in [0, 0.05) is 6.54 Å². The Morgan fingerprint density at radius 3 is 2.40 bits per heavy atom. The maximum absolute atomic E-state index is 3.31. The van der Waals surface area contributed by atoms with Crippen LogP contribution in [0.15, 0.2) is 11.6 Å². The zero-order valence-electron chi connectivity index (χ0n) is 7.57. The van der Waals surface area contributed by atoms with Gasteiger partial charge in [-0.2, -0.15) is 0 Å². The molecule has 0 aromatic carbocycles. The molecule has 0 aliphatic carbocycles. The van der Waals surface area contributed by atoms with Gasteiger partial charge in [-0.25, -0.2) is 0 Å². The van der Waals surface area contributed by atoms with E-state index >= 15 is 0 Å². The lowest BCUT2D eigenvalue weighted by molar-refractivity contribution is 0.675. The fourth-order valence-corrected chi connectivity index (χ4v) is 0.909. The van der Waals surface area contributed by atoms with E-state index in [-0.39, 0.29) is 0 Å². The van der Waals surface area contributed by atoms with Crippen molar-refractivity contribution in [2.45, 2.75) is 27.7 Å². The van der Waals surface area contributed by atoms with Crippen LogP contribution in [0.4, 0.5) is 0 Å². The Morgan fingerprint density at radius 2 is 2.10 bits per heavy atom. The van der Waals surface area contributed by atoms with Crippen molar-refractivity contribution < 1.29 is 0 Å². The average Bonchev–Trinajstić information content (AvgIpc) is 1.89. The Bertz CT molecular complexity index is 103. The first-order valence-corrected chi connectivity index (χ1v) is 4.08. The third-order valence-corrected chi connectivity index (χ3v) is 1.69. The number of nitrogens with one attached hydrogen (secondary N) is 1. The standard InChI is InChI=1S/C9H19N/c1-5-9(8(3)4)7-10-6-2/h5,8,10H,6-7H2,1-4H3/b9-5+. The van der Waals surface area contributed by atoms with E-state index in [1.807, 2.05) is 0 Å². The van der Waals surface area contributed by atoms with Gasteiger partial charge < -0.3 is 5.32 Å². The van der Waals surface area contributed by atoms with Gasteiger partial charge >= 0.3 is 0 Å². The van der Waals surface area contributed by atoms with Crippen LogP contribution in [-0.4, -0.2) is 13.1 Å². The van der Waals surface area contributed by atoms with Crippen molar-refractivity contribution >= 4 is 0 Å². The summed E-state index contributed by atoms with van der Waals surface area (Å²) in [4.78, 5) is 0.